The number of ether oxygens (including phenoxy) is 1. The number of urea groups is 1. The minimum Gasteiger partial charge on any atom is -0.481 e. The Morgan fingerprint density at radius 2 is 1.90 bits per heavy atom. The molecule has 0 fully saturated rings. The number of likely N-dealkylation sites (N-methyl/N-ethyl adjacent to an activating group) is 1. The van der Waals surface area contributed by atoms with Crippen LogP contribution in [0.5, 0.6) is 0 Å². The van der Waals surface area contributed by atoms with Gasteiger partial charge < -0.3 is 25.2 Å². The topological polar surface area (TPSA) is 116 Å². The van der Waals surface area contributed by atoms with E-state index >= 15 is 0 Å². The summed E-state index contributed by atoms with van der Waals surface area (Å²) in [5, 5.41) is 19.9. The van der Waals surface area contributed by atoms with Gasteiger partial charge in [0, 0.05) is 20.6 Å². The summed E-state index contributed by atoms with van der Waals surface area (Å²) in [4.78, 5) is 34.6. The Morgan fingerprint density at radius 3 is 2.35 bits per heavy atom. The molecule has 3 N–H and O–H groups in total. The molecule has 0 aromatic heterocycles. The van der Waals surface area contributed by atoms with Gasteiger partial charge in [-0.25, -0.2) is 9.59 Å². The van der Waals surface area contributed by atoms with Crippen LogP contribution in [-0.4, -0.2) is 65.9 Å². The van der Waals surface area contributed by atoms with Crippen molar-refractivity contribution in [3.63, 3.8) is 0 Å². The number of carbonyl (C=O) groups is 3. The van der Waals surface area contributed by atoms with Gasteiger partial charge in [0.2, 0.25) is 0 Å². The maximum Gasteiger partial charge on any atom is 0.326 e. The summed E-state index contributed by atoms with van der Waals surface area (Å²) in [5.74, 6) is -2.18. The molecule has 1 unspecified atom stereocenters. The summed E-state index contributed by atoms with van der Waals surface area (Å²) in [5.41, 5.74) is 0. The van der Waals surface area contributed by atoms with E-state index in [1.54, 1.807) is 6.92 Å². The van der Waals surface area contributed by atoms with Crippen LogP contribution in [0.25, 0.3) is 0 Å². The number of methoxy groups -OCH3 is 1. The highest BCUT2D eigenvalue weighted by Crippen LogP contribution is 2.04. The monoisotopic (exact) mass is 290 g/mol. The van der Waals surface area contributed by atoms with Crippen molar-refractivity contribution < 1.29 is 29.3 Å². The fraction of sp³-hybridized carbons (Fsp3) is 0.750. The van der Waals surface area contributed by atoms with E-state index in [4.69, 9.17) is 14.9 Å². The molecule has 2 amide bonds. The molecule has 0 aliphatic rings. The van der Waals surface area contributed by atoms with Gasteiger partial charge in [-0.05, 0) is 19.8 Å². The average molecular weight is 290 g/mol. The van der Waals surface area contributed by atoms with E-state index in [1.807, 2.05) is 0 Å². The summed E-state index contributed by atoms with van der Waals surface area (Å²) in [6.45, 7) is 2.10. The van der Waals surface area contributed by atoms with Crippen LogP contribution in [0.2, 0.25) is 0 Å². The minimum absolute atomic E-state index is 0.0693. The number of hydrogen-bond donors (Lipinski definition) is 3. The quantitative estimate of drug-likeness (QED) is 0.565. The van der Waals surface area contributed by atoms with Crippen LogP contribution in [0, 0.1) is 0 Å². The third-order valence-corrected chi connectivity index (χ3v) is 2.87. The summed E-state index contributed by atoms with van der Waals surface area (Å²) in [7, 11) is 3.05. The van der Waals surface area contributed by atoms with Gasteiger partial charge in [-0.3, -0.25) is 4.79 Å². The van der Waals surface area contributed by atoms with Crippen molar-refractivity contribution in [2.75, 3.05) is 20.8 Å². The van der Waals surface area contributed by atoms with E-state index in [2.05, 4.69) is 5.32 Å². The molecule has 116 valence electrons. The Hall–Kier alpha value is -1.83. The van der Waals surface area contributed by atoms with Gasteiger partial charge in [0.25, 0.3) is 0 Å². The molecule has 2 atom stereocenters. The molecule has 0 aromatic carbocycles. The first-order valence-electron chi connectivity index (χ1n) is 6.26. The molecule has 0 aliphatic heterocycles. The zero-order valence-corrected chi connectivity index (χ0v) is 12.0. The number of rotatable bonds is 9. The van der Waals surface area contributed by atoms with Gasteiger partial charge in [0.1, 0.15) is 6.04 Å². The average Bonchev–Trinajstić information content (AvgIpc) is 2.36. The van der Waals surface area contributed by atoms with Crippen molar-refractivity contribution >= 4 is 18.0 Å². The summed E-state index contributed by atoms with van der Waals surface area (Å²) < 4.78 is 4.92. The zero-order chi connectivity index (χ0) is 15.7. The van der Waals surface area contributed by atoms with E-state index in [1.165, 1.54) is 19.1 Å². The number of nitrogens with one attached hydrogen (secondary N) is 1. The summed E-state index contributed by atoms with van der Waals surface area (Å²) in [6, 6.07) is -1.83. The van der Waals surface area contributed by atoms with Gasteiger partial charge in [-0.15, -0.1) is 0 Å². The number of carboxylic acids is 2. The smallest absolute Gasteiger partial charge is 0.326 e. The zero-order valence-electron chi connectivity index (χ0n) is 12.0. The molecule has 0 radical (unpaired) electrons. The fourth-order valence-electron chi connectivity index (χ4n) is 1.52. The molecule has 0 heterocycles. The van der Waals surface area contributed by atoms with Crippen molar-refractivity contribution in [1.29, 1.82) is 0 Å². The molecular weight excluding hydrogens is 268 g/mol. The van der Waals surface area contributed by atoms with Crippen LogP contribution in [-0.2, 0) is 14.3 Å². The second kappa shape index (κ2) is 9.13. The SMILES string of the molecule is COCC(C)N(C)C(=O)N[C@H](CCCC(=O)O)C(=O)O. The lowest BCUT2D eigenvalue weighted by Gasteiger charge is -2.26. The number of hydrogen-bond acceptors (Lipinski definition) is 4. The highest BCUT2D eigenvalue weighted by Gasteiger charge is 2.23. The lowest BCUT2D eigenvalue weighted by Crippen LogP contribution is -2.50. The molecule has 8 heteroatoms. The molecule has 0 rings (SSSR count). The fourth-order valence-corrected chi connectivity index (χ4v) is 1.52. The first-order chi connectivity index (χ1) is 9.29. The Bertz CT molecular complexity index is 347. The normalized spacial score (nSPS) is 13.3. The minimum atomic E-state index is -1.18. The molecular formula is C12H22N2O6. The first kappa shape index (κ1) is 18.2. The Balaban J connectivity index is 4.39. The van der Waals surface area contributed by atoms with Crippen LogP contribution >= 0.6 is 0 Å². The number of carbonyl (C=O) groups excluding carboxylic acids is 1. The van der Waals surface area contributed by atoms with Crippen LogP contribution in [0.3, 0.4) is 0 Å². The van der Waals surface area contributed by atoms with E-state index in [-0.39, 0.29) is 25.3 Å². The van der Waals surface area contributed by atoms with Gasteiger partial charge in [0.15, 0.2) is 0 Å². The number of amides is 2. The molecule has 20 heavy (non-hydrogen) atoms. The number of aliphatic carboxylic acids is 2. The van der Waals surface area contributed by atoms with Crippen LogP contribution in [0.4, 0.5) is 4.79 Å². The molecule has 0 aromatic rings. The van der Waals surface area contributed by atoms with Crippen molar-refractivity contribution in [3.05, 3.63) is 0 Å². The lowest BCUT2D eigenvalue weighted by molar-refractivity contribution is -0.140. The van der Waals surface area contributed by atoms with Crippen molar-refractivity contribution in [3.8, 4) is 0 Å². The van der Waals surface area contributed by atoms with E-state index < -0.39 is 24.0 Å². The standard InChI is InChI=1S/C12H22N2O6/c1-8(7-20-3)14(2)12(19)13-9(11(17)18)5-4-6-10(15)16/h8-9H,4-7H2,1-3H3,(H,13,19)(H,15,16)(H,17,18)/t8?,9-/m1/s1. The lowest BCUT2D eigenvalue weighted by atomic mass is 10.1. The molecule has 8 nitrogen and oxygen atoms in total. The number of carboxylic acid groups (broad SMARTS) is 2. The van der Waals surface area contributed by atoms with Gasteiger partial charge in [-0.1, -0.05) is 0 Å². The highest BCUT2D eigenvalue weighted by atomic mass is 16.5. The summed E-state index contributed by atoms with van der Waals surface area (Å²) in [6.07, 6.45) is 0.124. The van der Waals surface area contributed by atoms with E-state index in [0.717, 1.165) is 0 Å². The van der Waals surface area contributed by atoms with Gasteiger partial charge >= 0.3 is 18.0 Å². The van der Waals surface area contributed by atoms with E-state index in [0.29, 0.717) is 6.61 Å². The maximum absolute atomic E-state index is 11.9. The largest absolute Gasteiger partial charge is 0.481 e. The third-order valence-electron chi connectivity index (χ3n) is 2.87. The Kier molecular flexibility index (Phi) is 8.30. The summed E-state index contributed by atoms with van der Waals surface area (Å²) >= 11 is 0. The van der Waals surface area contributed by atoms with Gasteiger partial charge in [-0.2, -0.15) is 0 Å². The third kappa shape index (κ3) is 6.93. The van der Waals surface area contributed by atoms with Crippen molar-refractivity contribution in [2.45, 2.75) is 38.3 Å². The molecule has 0 spiro atoms. The molecule has 0 saturated heterocycles. The van der Waals surface area contributed by atoms with Crippen molar-refractivity contribution in [1.82, 2.24) is 10.2 Å². The number of nitrogens with zero attached hydrogens (tertiary/aromatic N) is 1. The van der Waals surface area contributed by atoms with E-state index in [9.17, 15) is 14.4 Å². The second-order valence-corrected chi connectivity index (χ2v) is 4.54. The van der Waals surface area contributed by atoms with Crippen LogP contribution in [0.15, 0.2) is 0 Å². The van der Waals surface area contributed by atoms with Crippen LogP contribution in [0.1, 0.15) is 26.2 Å². The Morgan fingerprint density at radius 1 is 1.30 bits per heavy atom. The first-order valence-corrected chi connectivity index (χ1v) is 6.26. The Labute approximate surface area is 117 Å². The van der Waals surface area contributed by atoms with Gasteiger partial charge in [0.05, 0.1) is 12.6 Å². The maximum atomic E-state index is 11.9. The molecule has 0 saturated carbocycles. The highest BCUT2D eigenvalue weighted by molar-refractivity contribution is 5.82. The predicted molar refractivity (Wildman–Crippen MR) is 70.5 cm³/mol. The molecule has 0 bridgehead atoms. The van der Waals surface area contributed by atoms with Crippen LogP contribution < -0.4 is 5.32 Å². The molecule has 0 aliphatic carbocycles. The predicted octanol–water partition coefficient (Wildman–Crippen LogP) is 0.371. The second-order valence-electron chi connectivity index (χ2n) is 4.54. The van der Waals surface area contributed by atoms with Crippen molar-refractivity contribution in [2.24, 2.45) is 0 Å².